The first kappa shape index (κ1) is 14.8. The number of aromatic nitrogens is 1. The lowest BCUT2D eigenvalue weighted by Gasteiger charge is -2.09. The van der Waals surface area contributed by atoms with E-state index in [0.29, 0.717) is 16.0 Å². The van der Waals surface area contributed by atoms with E-state index in [2.05, 4.69) is 21.2 Å². The topological polar surface area (TPSA) is 51.1 Å². The van der Waals surface area contributed by atoms with Gasteiger partial charge in [-0.1, -0.05) is 23.7 Å². The van der Waals surface area contributed by atoms with Crippen LogP contribution in [-0.4, -0.2) is 17.5 Å². The fourth-order valence-electron chi connectivity index (χ4n) is 1.85. The van der Waals surface area contributed by atoms with Crippen LogP contribution < -0.4 is 10.9 Å². The third-order valence-corrected chi connectivity index (χ3v) is 3.44. The highest BCUT2D eigenvalue weighted by atomic mass is 79.9. The molecule has 4 nitrogen and oxygen atoms in total. The normalized spacial score (nSPS) is 10.3. The number of nitrogens with zero attached hydrogens (tertiary/aromatic N) is 1. The lowest BCUT2D eigenvalue weighted by atomic mass is 10.2. The molecule has 1 aromatic heterocycles. The van der Waals surface area contributed by atoms with E-state index in [0.717, 1.165) is 5.56 Å². The van der Waals surface area contributed by atoms with Crippen LogP contribution in [0.25, 0.3) is 0 Å². The van der Waals surface area contributed by atoms with E-state index >= 15 is 0 Å². The first-order valence-electron chi connectivity index (χ1n) is 5.88. The van der Waals surface area contributed by atoms with E-state index in [9.17, 15) is 9.59 Å². The van der Waals surface area contributed by atoms with Crippen molar-refractivity contribution in [3.05, 3.63) is 67.5 Å². The summed E-state index contributed by atoms with van der Waals surface area (Å²) in [5.74, 6) is -0.406. The molecule has 20 heavy (non-hydrogen) atoms. The van der Waals surface area contributed by atoms with E-state index in [1.54, 1.807) is 18.3 Å². The van der Waals surface area contributed by atoms with E-state index in [1.807, 2.05) is 12.1 Å². The molecule has 0 saturated heterocycles. The number of amides is 1. The van der Waals surface area contributed by atoms with Crippen LogP contribution in [0.3, 0.4) is 0 Å². The van der Waals surface area contributed by atoms with Crippen LogP contribution in [0.4, 0.5) is 0 Å². The number of benzene rings is 1. The summed E-state index contributed by atoms with van der Waals surface area (Å²) in [7, 11) is 1.49. The van der Waals surface area contributed by atoms with Crippen molar-refractivity contribution >= 4 is 33.4 Å². The minimum Gasteiger partial charge on any atom is -0.355 e. The van der Waals surface area contributed by atoms with Crippen molar-refractivity contribution in [3.8, 4) is 0 Å². The SMILES string of the molecule is CNC(=O)c1cc(Br)cn(Cc2cccc(Cl)c2)c1=O. The van der Waals surface area contributed by atoms with Gasteiger partial charge in [0.05, 0.1) is 6.54 Å². The highest BCUT2D eigenvalue weighted by molar-refractivity contribution is 9.10. The second-order valence-electron chi connectivity index (χ2n) is 4.21. The summed E-state index contributed by atoms with van der Waals surface area (Å²) in [5, 5.41) is 3.06. The Hall–Kier alpha value is -1.59. The third kappa shape index (κ3) is 3.29. The van der Waals surface area contributed by atoms with E-state index in [1.165, 1.54) is 17.7 Å². The van der Waals surface area contributed by atoms with Crippen LogP contribution in [-0.2, 0) is 6.54 Å². The number of carbonyl (C=O) groups excluding carboxylic acids is 1. The van der Waals surface area contributed by atoms with E-state index < -0.39 is 5.91 Å². The fraction of sp³-hybridized carbons (Fsp3) is 0.143. The van der Waals surface area contributed by atoms with Gasteiger partial charge in [-0.05, 0) is 39.7 Å². The molecule has 0 aliphatic carbocycles. The average Bonchev–Trinajstić information content (AvgIpc) is 2.41. The van der Waals surface area contributed by atoms with Crippen molar-refractivity contribution in [1.29, 1.82) is 0 Å². The zero-order chi connectivity index (χ0) is 14.7. The number of hydrogen-bond acceptors (Lipinski definition) is 2. The lowest BCUT2D eigenvalue weighted by Crippen LogP contribution is -2.31. The van der Waals surface area contributed by atoms with Crippen molar-refractivity contribution in [2.45, 2.75) is 6.54 Å². The van der Waals surface area contributed by atoms with Gasteiger partial charge in [-0.25, -0.2) is 0 Å². The van der Waals surface area contributed by atoms with E-state index in [4.69, 9.17) is 11.6 Å². The zero-order valence-corrected chi connectivity index (χ0v) is 13.0. The number of carbonyl (C=O) groups is 1. The van der Waals surface area contributed by atoms with Gasteiger partial charge in [-0.15, -0.1) is 0 Å². The Morgan fingerprint density at radius 3 is 2.80 bits per heavy atom. The molecule has 0 atom stereocenters. The van der Waals surface area contributed by atoms with Gasteiger partial charge < -0.3 is 9.88 Å². The van der Waals surface area contributed by atoms with Crippen LogP contribution in [0.1, 0.15) is 15.9 Å². The molecule has 2 aromatic rings. The van der Waals surface area contributed by atoms with Crippen molar-refractivity contribution in [2.75, 3.05) is 7.05 Å². The molecule has 0 unspecified atom stereocenters. The molecule has 0 bridgehead atoms. The predicted molar refractivity (Wildman–Crippen MR) is 82.3 cm³/mol. The molecule has 0 aliphatic heterocycles. The van der Waals surface area contributed by atoms with E-state index in [-0.39, 0.29) is 11.1 Å². The molecular weight excluding hydrogens is 344 g/mol. The fourth-order valence-corrected chi connectivity index (χ4v) is 2.53. The molecule has 0 aliphatic rings. The molecule has 104 valence electrons. The molecule has 2 rings (SSSR count). The molecule has 0 spiro atoms. The standard InChI is InChI=1S/C14H12BrClN2O2/c1-17-13(19)12-6-10(15)8-18(14(12)20)7-9-3-2-4-11(16)5-9/h2-6,8H,7H2,1H3,(H,17,19). The predicted octanol–water partition coefficient (Wildman–Crippen LogP) is 2.67. The molecule has 0 fully saturated rings. The third-order valence-electron chi connectivity index (χ3n) is 2.77. The van der Waals surface area contributed by atoms with Crippen molar-refractivity contribution in [2.24, 2.45) is 0 Å². The molecule has 1 heterocycles. The smallest absolute Gasteiger partial charge is 0.263 e. The summed E-state index contributed by atoms with van der Waals surface area (Å²) >= 11 is 9.23. The first-order valence-corrected chi connectivity index (χ1v) is 7.05. The van der Waals surface area contributed by atoms with Gasteiger partial charge in [-0.2, -0.15) is 0 Å². The van der Waals surface area contributed by atoms with Gasteiger partial charge >= 0.3 is 0 Å². The Labute approximate surface area is 129 Å². The van der Waals surface area contributed by atoms with Gasteiger partial charge in [0.2, 0.25) is 0 Å². The van der Waals surface area contributed by atoms with Crippen LogP contribution in [0.2, 0.25) is 5.02 Å². The van der Waals surface area contributed by atoms with Crippen molar-refractivity contribution < 1.29 is 4.79 Å². The lowest BCUT2D eigenvalue weighted by molar-refractivity contribution is 0.0961. The summed E-state index contributed by atoms with van der Waals surface area (Å²) in [4.78, 5) is 23.9. The summed E-state index contributed by atoms with van der Waals surface area (Å²) in [6.07, 6.45) is 1.65. The van der Waals surface area contributed by atoms with Gasteiger partial charge in [0.1, 0.15) is 5.56 Å². The molecule has 1 aromatic carbocycles. The Morgan fingerprint density at radius 2 is 2.15 bits per heavy atom. The Balaban J connectivity index is 2.45. The molecule has 0 saturated carbocycles. The number of nitrogens with one attached hydrogen (secondary N) is 1. The Morgan fingerprint density at radius 1 is 1.40 bits per heavy atom. The number of rotatable bonds is 3. The molecule has 1 N–H and O–H groups in total. The maximum absolute atomic E-state index is 12.3. The van der Waals surface area contributed by atoms with Crippen LogP contribution in [0.5, 0.6) is 0 Å². The minimum absolute atomic E-state index is 0.101. The average molecular weight is 356 g/mol. The van der Waals surface area contributed by atoms with Gasteiger partial charge in [0.15, 0.2) is 0 Å². The van der Waals surface area contributed by atoms with Crippen LogP contribution in [0.15, 0.2) is 45.8 Å². The first-order chi connectivity index (χ1) is 9.51. The summed E-state index contributed by atoms with van der Waals surface area (Å²) < 4.78 is 2.14. The Kier molecular flexibility index (Phi) is 4.62. The van der Waals surface area contributed by atoms with Crippen LogP contribution >= 0.6 is 27.5 Å². The molecule has 0 radical (unpaired) electrons. The second kappa shape index (κ2) is 6.24. The minimum atomic E-state index is -0.406. The maximum Gasteiger partial charge on any atom is 0.263 e. The monoisotopic (exact) mass is 354 g/mol. The van der Waals surface area contributed by atoms with Gasteiger partial charge in [-0.3, -0.25) is 9.59 Å². The number of hydrogen-bond donors (Lipinski definition) is 1. The summed E-state index contributed by atoms with van der Waals surface area (Å²) in [6.45, 7) is 0.350. The van der Waals surface area contributed by atoms with Crippen LogP contribution in [0, 0.1) is 0 Å². The summed E-state index contributed by atoms with van der Waals surface area (Å²) in [6, 6.07) is 8.76. The molecule has 1 amide bonds. The van der Waals surface area contributed by atoms with Gasteiger partial charge in [0.25, 0.3) is 11.5 Å². The largest absolute Gasteiger partial charge is 0.355 e. The summed E-state index contributed by atoms with van der Waals surface area (Å²) in [5.41, 5.74) is 0.650. The highest BCUT2D eigenvalue weighted by Crippen LogP contribution is 2.13. The zero-order valence-electron chi connectivity index (χ0n) is 10.7. The van der Waals surface area contributed by atoms with Crippen molar-refractivity contribution in [1.82, 2.24) is 9.88 Å². The molecular formula is C14H12BrClN2O2. The maximum atomic E-state index is 12.3. The Bertz CT molecular complexity index is 713. The second-order valence-corrected chi connectivity index (χ2v) is 5.57. The number of pyridine rings is 1. The van der Waals surface area contributed by atoms with Crippen molar-refractivity contribution in [3.63, 3.8) is 0 Å². The highest BCUT2D eigenvalue weighted by Gasteiger charge is 2.12. The number of halogens is 2. The van der Waals surface area contributed by atoms with Gasteiger partial charge in [0, 0.05) is 22.7 Å². The quantitative estimate of drug-likeness (QED) is 0.920. The molecule has 6 heteroatoms.